The maximum Gasteiger partial charge on any atom is 2.00 e. The zero-order chi connectivity index (χ0) is 3.58. The summed E-state index contributed by atoms with van der Waals surface area (Å²) in [6.07, 6.45) is -1.83. The van der Waals surface area contributed by atoms with E-state index >= 15 is 0 Å². The molecule has 0 aliphatic rings. The van der Waals surface area contributed by atoms with Crippen LogP contribution in [0.4, 0.5) is 4.79 Å². The SMILES string of the molecule is O=C(O)O.[H-].[H-].[Mg+2].[Ni]. The average Bonchev–Trinajstić information content (AvgIpc) is 0.811. The van der Waals surface area contributed by atoms with Crippen molar-refractivity contribution in [1.29, 1.82) is 0 Å². The van der Waals surface area contributed by atoms with Gasteiger partial charge in [-0.05, 0) is 0 Å². The van der Waals surface area contributed by atoms with E-state index in [0.717, 1.165) is 0 Å². The van der Waals surface area contributed by atoms with E-state index in [1.807, 2.05) is 0 Å². The van der Waals surface area contributed by atoms with E-state index < -0.39 is 6.16 Å². The predicted molar refractivity (Wildman–Crippen MR) is 18.6 cm³/mol. The molecule has 0 bridgehead atoms. The minimum atomic E-state index is -1.83. The van der Waals surface area contributed by atoms with Crippen LogP contribution in [-0.2, 0) is 16.5 Å². The zero-order valence-corrected chi connectivity index (χ0v) is 5.23. The first-order valence-corrected chi connectivity index (χ1v) is 0.651. The monoisotopic (exact) mass is 146 g/mol. The van der Waals surface area contributed by atoms with Crippen molar-refractivity contribution in [3.05, 3.63) is 0 Å². The maximum atomic E-state index is 8.56. The summed E-state index contributed by atoms with van der Waals surface area (Å²) in [5, 5.41) is 13.9. The Morgan fingerprint density at radius 1 is 1.50 bits per heavy atom. The third-order valence-electron chi connectivity index (χ3n) is 0. The van der Waals surface area contributed by atoms with Crippen LogP contribution < -0.4 is 0 Å². The largest absolute Gasteiger partial charge is 2.00 e. The quantitative estimate of drug-likeness (QED) is 0.476. The molecule has 0 spiro atoms. The Balaban J connectivity index is -0.00000000750. The molecule has 0 atom stereocenters. The van der Waals surface area contributed by atoms with Crippen molar-refractivity contribution in [2.75, 3.05) is 0 Å². The molecule has 0 aromatic carbocycles. The maximum absolute atomic E-state index is 8.56. The summed E-state index contributed by atoms with van der Waals surface area (Å²) in [4.78, 5) is 8.56. The van der Waals surface area contributed by atoms with Crippen molar-refractivity contribution < 1.29 is 34.4 Å². The van der Waals surface area contributed by atoms with Gasteiger partial charge in [-0.15, -0.1) is 0 Å². The zero-order valence-electron chi connectivity index (χ0n) is 4.83. The minimum absolute atomic E-state index is 0. The second kappa shape index (κ2) is 9.11. The van der Waals surface area contributed by atoms with E-state index in [2.05, 4.69) is 0 Å². The summed E-state index contributed by atoms with van der Waals surface area (Å²) < 4.78 is 0. The van der Waals surface area contributed by atoms with Gasteiger partial charge in [0.1, 0.15) is 0 Å². The Labute approximate surface area is 63.8 Å². The molecule has 38 valence electrons. The third-order valence-corrected chi connectivity index (χ3v) is 0. The molecule has 2 N–H and O–H groups in total. The summed E-state index contributed by atoms with van der Waals surface area (Å²) in [7, 11) is 0. The summed E-state index contributed by atoms with van der Waals surface area (Å²) in [6.45, 7) is 0. The normalized spacial score (nSPS) is 4.00. The number of rotatable bonds is 0. The van der Waals surface area contributed by atoms with E-state index in [1.165, 1.54) is 0 Å². The predicted octanol–water partition coefficient (Wildman–Crippen LogP) is 0.0641. The molecule has 5 heteroatoms. The van der Waals surface area contributed by atoms with Crippen LogP contribution >= 0.6 is 0 Å². The topological polar surface area (TPSA) is 57.5 Å². The second-order valence-corrected chi connectivity index (χ2v) is 0.283. The van der Waals surface area contributed by atoms with Crippen molar-refractivity contribution in [3.63, 3.8) is 0 Å². The first-order chi connectivity index (χ1) is 1.73. The van der Waals surface area contributed by atoms with E-state index in [0.29, 0.717) is 0 Å². The number of hydrogen-bond donors (Lipinski definition) is 2. The standard InChI is InChI=1S/CH2O3.Mg.Ni.2H/c2-1(3)4;;;;/h(H2,2,3,4);;;;/q;+2;;2*-1. The molecule has 0 saturated heterocycles. The summed E-state index contributed by atoms with van der Waals surface area (Å²) in [5.74, 6) is 0. The van der Waals surface area contributed by atoms with Gasteiger partial charge in [0, 0.05) is 16.5 Å². The molecule has 0 fully saturated rings. The molecule has 0 saturated carbocycles. The summed E-state index contributed by atoms with van der Waals surface area (Å²) in [5.41, 5.74) is 0. The average molecular weight is 147 g/mol. The molecular weight excluding hydrogens is 143 g/mol. The van der Waals surface area contributed by atoms with Crippen LogP contribution in [0.5, 0.6) is 0 Å². The first-order valence-electron chi connectivity index (χ1n) is 0.651. The van der Waals surface area contributed by atoms with Gasteiger partial charge in [0.05, 0.1) is 0 Å². The van der Waals surface area contributed by atoms with E-state index in [-0.39, 0.29) is 42.4 Å². The fourth-order valence-corrected chi connectivity index (χ4v) is 0. The molecule has 0 aromatic heterocycles. The van der Waals surface area contributed by atoms with Crippen LogP contribution in [-0.4, -0.2) is 39.4 Å². The van der Waals surface area contributed by atoms with E-state index in [1.54, 1.807) is 0 Å². The van der Waals surface area contributed by atoms with Crippen molar-refractivity contribution in [3.8, 4) is 0 Å². The Hall–Kier alpha value is 0.530. The van der Waals surface area contributed by atoms with Gasteiger partial charge in [-0.25, -0.2) is 4.79 Å². The molecule has 0 aromatic rings. The van der Waals surface area contributed by atoms with Crippen molar-refractivity contribution in [2.24, 2.45) is 0 Å². The third kappa shape index (κ3) is 201. The van der Waals surface area contributed by atoms with Crippen molar-refractivity contribution in [1.82, 2.24) is 0 Å². The molecule has 0 aliphatic carbocycles. The van der Waals surface area contributed by atoms with Crippen LogP contribution in [0.2, 0.25) is 0 Å². The fourth-order valence-electron chi connectivity index (χ4n) is 0. The van der Waals surface area contributed by atoms with Gasteiger partial charge < -0.3 is 13.1 Å². The van der Waals surface area contributed by atoms with Crippen LogP contribution in [0.25, 0.3) is 0 Å². The van der Waals surface area contributed by atoms with Crippen LogP contribution in [0.15, 0.2) is 0 Å². The van der Waals surface area contributed by atoms with Crippen LogP contribution in [0.1, 0.15) is 2.85 Å². The van der Waals surface area contributed by atoms with E-state index in [4.69, 9.17) is 15.0 Å². The van der Waals surface area contributed by atoms with Gasteiger partial charge in [-0.3, -0.25) is 0 Å². The van der Waals surface area contributed by atoms with Crippen molar-refractivity contribution >= 4 is 29.2 Å². The molecule has 6 heavy (non-hydrogen) atoms. The van der Waals surface area contributed by atoms with Gasteiger partial charge in [0.2, 0.25) is 0 Å². The number of carboxylic acid groups (broad SMARTS) is 2. The first kappa shape index (κ1) is 16.0. The molecule has 3 nitrogen and oxygen atoms in total. The fraction of sp³-hybridized carbons (Fsp3) is 0. The smallest absolute Gasteiger partial charge is 1.00 e. The van der Waals surface area contributed by atoms with Gasteiger partial charge in [-0.2, -0.15) is 0 Å². The number of hydrogen-bond acceptors (Lipinski definition) is 1. The van der Waals surface area contributed by atoms with Crippen LogP contribution in [0, 0.1) is 0 Å². The Kier molecular flexibility index (Phi) is 24.3. The van der Waals surface area contributed by atoms with E-state index in [9.17, 15) is 0 Å². The molecular formula is CH4MgNiO3. The molecule has 0 rings (SSSR count). The Morgan fingerprint density at radius 2 is 1.50 bits per heavy atom. The minimum Gasteiger partial charge on any atom is -1.00 e. The van der Waals surface area contributed by atoms with Crippen LogP contribution in [0.3, 0.4) is 0 Å². The summed E-state index contributed by atoms with van der Waals surface area (Å²) >= 11 is 0. The summed E-state index contributed by atoms with van der Waals surface area (Å²) in [6, 6.07) is 0. The molecule has 0 radical (unpaired) electrons. The molecule has 0 heterocycles. The Bertz CT molecular complexity index is 40.3. The second-order valence-electron chi connectivity index (χ2n) is 0.283. The van der Waals surface area contributed by atoms with Gasteiger partial charge in [0.15, 0.2) is 0 Å². The molecule has 0 amide bonds. The van der Waals surface area contributed by atoms with Crippen molar-refractivity contribution in [2.45, 2.75) is 0 Å². The molecule has 0 unspecified atom stereocenters. The van der Waals surface area contributed by atoms with Gasteiger partial charge >= 0.3 is 29.2 Å². The molecule has 0 aliphatic heterocycles. The van der Waals surface area contributed by atoms with Gasteiger partial charge in [0.25, 0.3) is 0 Å². The van der Waals surface area contributed by atoms with Gasteiger partial charge in [-0.1, -0.05) is 0 Å². The Morgan fingerprint density at radius 3 is 1.50 bits per heavy atom. The number of carbonyl (C=O) groups is 1.